The molecular formula is C21H19N3O6S. The largest absolute Gasteiger partial charge is 0.422 e. The summed E-state index contributed by atoms with van der Waals surface area (Å²) in [6.45, 7) is 0.971. The Hall–Kier alpha value is -3.50. The van der Waals surface area contributed by atoms with E-state index in [0.717, 1.165) is 12.8 Å². The molecule has 2 N–H and O–H groups in total. The molecule has 0 spiro atoms. The van der Waals surface area contributed by atoms with Gasteiger partial charge in [0.25, 0.3) is 11.8 Å². The van der Waals surface area contributed by atoms with Crippen LogP contribution in [0.4, 0.5) is 0 Å². The Balaban J connectivity index is 1.43. The minimum absolute atomic E-state index is 0.101. The van der Waals surface area contributed by atoms with Crippen molar-refractivity contribution in [3.05, 3.63) is 76.1 Å². The van der Waals surface area contributed by atoms with E-state index in [0.29, 0.717) is 24.1 Å². The molecule has 4 rings (SSSR count). The first-order valence-electron chi connectivity index (χ1n) is 9.60. The number of hydrogen-bond acceptors (Lipinski definition) is 6. The third-order valence-electron chi connectivity index (χ3n) is 4.99. The summed E-state index contributed by atoms with van der Waals surface area (Å²) in [6, 6.07) is 13.5. The average molecular weight is 441 g/mol. The lowest BCUT2D eigenvalue weighted by Gasteiger charge is -2.15. The second-order valence-electron chi connectivity index (χ2n) is 7.03. The lowest BCUT2D eigenvalue weighted by molar-refractivity contribution is 0.0844. The number of sulfonamides is 1. The van der Waals surface area contributed by atoms with Crippen molar-refractivity contribution in [2.75, 3.05) is 13.1 Å². The number of benzene rings is 2. The summed E-state index contributed by atoms with van der Waals surface area (Å²) in [4.78, 5) is 36.7. The monoisotopic (exact) mass is 441 g/mol. The lowest BCUT2D eigenvalue weighted by atomic mass is 10.2. The quantitative estimate of drug-likeness (QED) is 0.468. The van der Waals surface area contributed by atoms with E-state index < -0.39 is 27.5 Å². The molecule has 3 aromatic rings. The van der Waals surface area contributed by atoms with Crippen LogP contribution in [0.25, 0.3) is 11.0 Å². The van der Waals surface area contributed by atoms with E-state index in [1.807, 2.05) is 0 Å². The van der Waals surface area contributed by atoms with E-state index in [2.05, 4.69) is 10.9 Å². The van der Waals surface area contributed by atoms with Crippen LogP contribution in [-0.2, 0) is 10.0 Å². The van der Waals surface area contributed by atoms with E-state index in [4.69, 9.17) is 4.42 Å². The molecule has 0 atom stereocenters. The minimum Gasteiger partial charge on any atom is -0.422 e. The van der Waals surface area contributed by atoms with Gasteiger partial charge in [0.2, 0.25) is 10.0 Å². The number of nitrogens with zero attached hydrogens (tertiary/aromatic N) is 1. The number of fused-ring (bicyclic) bond motifs is 1. The number of hydrogen-bond donors (Lipinski definition) is 2. The Morgan fingerprint density at radius 2 is 1.55 bits per heavy atom. The average Bonchev–Trinajstić information content (AvgIpc) is 3.33. The van der Waals surface area contributed by atoms with Crippen LogP contribution in [0.5, 0.6) is 0 Å². The molecule has 0 bridgehead atoms. The summed E-state index contributed by atoms with van der Waals surface area (Å²) in [6.07, 6.45) is 1.66. The summed E-state index contributed by atoms with van der Waals surface area (Å²) >= 11 is 0. The van der Waals surface area contributed by atoms with Crippen molar-refractivity contribution in [2.45, 2.75) is 17.7 Å². The Bertz CT molecular complexity index is 1310. The molecule has 1 saturated heterocycles. The fourth-order valence-corrected chi connectivity index (χ4v) is 4.85. The summed E-state index contributed by atoms with van der Waals surface area (Å²) in [5.74, 6) is -1.50. The summed E-state index contributed by atoms with van der Waals surface area (Å²) < 4.78 is 31.6. The highest BCUT2D eigenvalue weighted by molar-refractivity contribution is 7.89. The van der Waals surface area contributed by atoms with Crippen molar-refractivity contribution in [3.63, 3.8) is 0 Å². The van der Waals surface area contributed by atoms with Crippen LogP contribution in [0.2, 0.25) is 0 Å². The predicted octanol–water partition coefficient (Wildman–Crippen LogP) is 1.65. The van der Waals surface area contributed by atoms with Gasteiger partial charge in [-0.15, -0.1) is 0 Å². The van der Waals surface area contributed by atoms with Crippen LogP contribution in [0.3, 0.4) is 0 Å². The van der Waals surface area contributed by atoms with Crippen LogP contribution < -0.4 is 16.5 Å². The molecule has 0 aliphatic carbocycles. The van der Waals surface area contributed by atoms with Crippen LogP contribution in [-0.4, -0.2) is 37.6 Å². The smallest absolute Gasteiger partial charge is 0.349 e. The summed E-state index contributed by atoms with van der Waals surface area (Å²) in [5.41, 5.74) is 3.77. The maximum absolute atomic E-state index is 12.5. The van der Waals surface area contributed by atoms with Crippen molar-refractivity contribution in [3.8, 4) is 0 Å². The molecule has 10 heteroatoms. The minimum atomic E-state index is -3.58. The molecule has 1 fully saturated rings. The van der Waals surface area contributed by atoms with Gasteiger partial charge >= 0.3 is 5.63 Å². The van der Waals surface area contributed by atoms with E-state index in [9.17, 15) is 22.8 Å². The number of amides is 2. The van der Waals surface area contributed by atoms with Crippen molar-refractivity contribution in [1.82, 2.24) is 15.2 Å². The zero-order valence-corrected chi connectivity index (χ0v) is 17.1. The second kappa shape index (κ2) is 8.32. The van der Waals surface area contributed by atoms with Crippen LogP contribution in [0.1, 0.15) is 33.6 Å². The fraction of sp³-hybridized carbons (Fsp3) is 0.190. The van der Waals surface area contributed by atoms with Crippen molar-refractivity contribution < 1.29 is 22.4 Å². The highest BCUT2D eigenvalue weighted by Crippen LogP contribution is 2.21. The Morgan fingerprint density at radius 3 is 2.26 bits per heavy atom. The van der Waals surface area contributed by atoms with Crippen molar-refractivity contribution >= 4 is 32.8 Å². The Morgan fingerprint density at radius 1 is 0.903 bits per heavy atom. The number of carbonyl (C=O) groups excluding carboxylic acids is 2. The van der Waals surface area contributed by atoms with Gasteiger partial charge in [-0.25, -0.2) is 13.2 Å². The highest BCUT2D eigenvalue weighted by atomic mass is 32.2. The molecule has 160 valence electrons. The molecule has 9 nitrogen and oxygen atoms in total. The third kappa shape index (κ3) is 4.21. The highest BCUT2D eigenvalue weighted by Gasteiger charge is 2.27. The molecule has 0 saturated carbocycles. The second-order valence-corrected chi connectivity index (χ2v) is 8.97. The molecule has 31 heavy (non-hydrogen) atoms. The molecule has 2 aromatic carbocycles. The summed E-state index contributed by atoms with van der Waals surface area (Å²) in [7, 11) is -3.58. The fourth-order valence-electron chi connectivity index (χ4n) is 3.33. The normalized spacial score (nSPS) is 14.5. The Kier molecular flexibility index (Phi) is 5.57. The molecule has 1 aliphatic heterocycles. The molecule has 2 heterocycles. The molecule has 0 unspecified atom stereocenters. The zero-order valence-electron chi connectivity index (χ0n) is 16.3. The van der Waals surface area contributed by atoms with Crippen molar-refractivity contribution in [2.24, 2.45) is 0 Å². The van der Waals surface area contributed by atoms with Gasteiger partial charge < -0.3 is 4.42 Å². The number of para-hydroxylation sites is 1. The summed E-state index contributed by atoms with van der Waals surface area (Å²) in [5, 5.41) is 0.563. The third-order valence-corrected chi connectivity index (χ3v) is 6.91. The van der Waals surface area contributed by atoms with E-state index in [1.165, 1.54) is 34.6 Å². The first-order valence-corrected chi connectivity index (χ1v) is 11.0. The SMILES string of the molecule is O=C(NNC(=O)c1cc2ccccc2oc1=O)c1ccc(S(=O)(=O)N2CCCC2)cc1. The van der Waals surface area contributed by atoms with Gasteiger partial charge in [0, 0.05) is 24.0 Å². The number of carbonyl (C=O) groups is 2. The number of hydrazine groups is 1. The maximum Gasteiger partial charge on any atom is 0.349 e. The molecule has 1 aliphatic rings. The standard InChI is InChI=1S/C21H19N3O6S/c25-19(14-7-9-16(10-8-14)31(28,29)24-11-3-4-12-24)22-23-20(26)17-13-15-5-1-2-6-18(15)30-21(17)27/h1-2,5-10,13H,3-4,11-12H2,(H,22,25)(H,23,26). The van der Waals surface area contributed by atoms with Gasteiger partial charge in [0.1, 0.15) is 11.1 Å². The number of rotatable bonds is 4. The molecular weight excluding hydrogens is 422 g/mol. The van der Waals surface area contributed by atoms with Crippen LogP contribution in [0.15, 0.2) is 68.7 Å². The van der Waals surface area contributed by atoms with E-state index >= 15 is 0 Å². The molecule has 0 radical (unpaired) electrons. The first kappa shape index (κ1) is 20.8. The van der Waals surface area contributed by atoms with Crippen molar-refractivity contribution in [1.29, 1.82) is 0 Å². The molecule has 1 aromatic heterocycles. The Labute approximate surface area is 177 Å². The van der Waals surface area contributed by atoms with Gasteiger partial charge in [-0.05, 0) is 49.2 Å². The van der Waals surface area contributed by atoms with Gasteiger partial charge in [0.05, 0.1) is 4.90 Å². The molecule has 2 amide bonds. The zero-order chi connectivity index (χ0) is 22.0. The van der Waals surface area contributed by atoms with E-state index in [1.54, 1.807) is 24.3 Å². The lowest BCUT2D eigenvalue weighted by Crippen LogP contribution is -2.43. The van der Waals surface area contributed by atoms with Crippen LogP contribution >= 0.6 is 0 Å². The first-order chi connectivity index (χ1) is 14.9. The predicted molar refractivity (Wildman–Crippen MR) is 112 cm³/mol. The van der Waals surface area contributed by atoms with Gasteiger partial charge in [-0.3, -0.25) is 20.4 Å². The van der Waals surface area contributed by atoms with E-state index in [-0.39, 0.29) is 16.0 Å². The maximum atomic E-state index is 12.5. The van der Waals surface area contributed by atoms with Gasteiger partial charge in [-0.1, -0.05) is 18.2 Å². The van der Waals surface area contributed by atoms with Gasteiger partial charge in [-0.2, -0.15) is 4.31 Å². The number of nitrogens with one attached hydrogen (secondary N) is 2. The van der Waals surface area contributed by atoms with Crippen LogP contribution in [0, 0.1) is 0 Å². The topological polar surface area (TPSA) is 126 Å². The van der Waals surface area contributed by atoms with Gasteiger partial charge in [0.15, 0.2) is 0 Å².